The largest absolute Gasteiger partial charge is 0.294 e. The number of benzene rings is 1. The minimum atomic E-state index is -0.135. The lowest BCUT2D eigenvalue weighted by molar-refractivity contribution is -0.137. The molecule has 6 atom stereocenters. The van der Waals surface area contributed by atoms with Gasteiger partial charge in [-0.15, -0.1) is 0 Å². The fourth-order valence-electron chi connectivity index (χ4n) is 7.89. The van der Waals surface area contributed by atoms with Crippen molar-refractivity contribution in [2.24, 2.45) is 34.5 Å². The summed E-state index contributed by atoms with van der Waals surface area (Å²) >= 11 is 6.17. The number of halogens is 1. The molecule has 0 saturated heterocycles. The van der Waals surface area contributed by atoms with E-state index in [0.29, 0.717) is 17.1 Å². The Kier molecular flexibility index (Phi) is 4.54. The van der Waals surface area contributed by atoms with Crippen LogP contribution in [0.5, 0.6) is 0 Å². The lowest BCUT2D eigenvalue weighted by Gasteiger charge is -2.59. The SMILES string of the molecule is C[C@]12CCCC[C@@H]1CC[C@H]1[C@H]2CC[C@]2(C)C(=O)/C(=C/c3cccc(Cl)c3)C[C@H]12. The van der Waals surface area contributed by atoms with Gasteiger partial charge in [0, 0.05) is 10.4 Å². The quantitative estimate of drug-likeness (QED) is 0.454. The van der Waals surface area contributed by atoms with Gasteiger partial charge in [-0.1, -0.05) is 50.4 Å². The predicted molar refractivity (Wildman–Crippen MR) is 116 cm³/mol. The van der Waals surface area contributed by atoms with Gasteiger partial charge in [-0.3, -0.25) is 4.79 Å². The molecule has 4 fully saturated rings. The standard InChI is InChI=1S/C26H33ClO/c1-25-12-4-3-7-19(25)9-10-21-22(25)11-13-26(2)23(21)16-18(24(26)28)14-17-6-5-8-20(27)15-17/h5-6,8,14-15,19,21-23H,3-4,7,9-13,16H2,1-2H3/b18-14+/t19-,21+,22-,23-,25+,26+/m1/s1. The van der Waals surface area contributed by atoms with Crippen LogP contribution in [0.25, 0.3) is 6.08 Å². The first-order valence-electron chi connectivity index (χ1n) is 11.4. The first kappa shape index (κ1) is 18.9. The highest BCUT2D eigenvalue weighted by Crippen LogP contribution is 2.66. The Labute approximate surface area is 174 Å². The van der Waals surface area contributed by atoms with Gasteiger partial charge in [0.15, 0.2) is 5.78 Å². The third kappa shape index (κ3) is 2.76. The van der Waals surface area contributed by atoms with Crippen molar-refractivity contribution in [3.63, 3.8) is 0 Å². The second-order valence-electron chi connectivity index (χ2n) is 10.6. The van der Waals surface area contributed by atoms with Crippen LogP contribution in [0.15, 0.2) is 29.8 Å². The average Bonchev–Trinajstić information content (AvgIpc) is 2.92. The number of carbonyl (C=O) groups excluding carboxylic acids is 1. The van der Waals surface area contributed by atoms with Crippen LogP contribution in [0.3, 0.4) is 0 Å². The third-order valence-electron chi connectivity index (χ3n) is 9.41. The Morgan fingerprint density at radius 2 is 1.89 bits per heavy atom. The van der Waals surface area contributed by atoms with E-state index in [1.54, 1.807) is 0 Å². The summed E-state index contributed by atoms with van der Waals surface area (Å²) in [4.78, 5) is 13.5. The van der Waals surface area contributed by atoms with Crippen molar-refractivity contribution in [3.05, 3.63) is 40.4 Å². The van der Waals surface area contributed by atoms with Gasteiger partial charge in [-0.2, -0.15) is 0 Å². The Morgan fingerprint density at radius 3 is 2.71 bits per heavy atom. The van der Waals surface area contributed by atoms with Crippen molar-refractivity contribution in [2.75, 3.05) is 0 Å². The molecule has 1 nitrogen and oxygen atoms in total. The maximum atomic E-state index is 13.5. The zero-order valence-electron chi connectivity index (χ0n) is 17.3. The number of carbonyl (C=O) groups is 1. The summed E-state index contributed by atoms with van der Waals surface area (Å²) in [6.45, 7) is 4.89. The summed E-state index contributed by atoms with van der Waals surface area (Å²) in [5, 5.41) is 0.743. The van der Waals surface area contributed by atoms with Gasteiger partial charge >= 0.3 is 0 Å². The van der Waals surface area contributed by atoms with E-state index >= 15 is 0 Å². The number of allylic oxidation sites excluding steroid dienone is 1. The second-order valence-corrected chi connectivity index (χ2v) is 11.1. The minimum absolute atomic E-state index is 0.135. The topological polar surface area (TPSA) is 17.1 Å². The summed E-state index contributed by atoms with van der Waals surface area (Å²) in [7, 11) is 0. The summed E-state index contributed by atoms with van der Waals surface area (Å²) in [5.74, 6) is 3.48. The van der Waals surface area contributed by atoms with Crippen LogP contribution in [0.1, 0.15) is 77.2 Å². The van der Waals surface area contributed by atoms with E-state index in [4.69, 9.17) is 11.6 Å². The third-order valence-corrected chi connectivity index (χ3v) is 9.65. The van der Waals surface area contributed by atoms with Crippen molar-refractivity contribution in [1.82, 2.24) is 0 Å². The van der Waals surface area contributed by atoms with E-state index < -0.39 is 0 Å². The summed E-state index contributed by atoms with van der Waals surface area (Å²) in [6, 6.07) is 7.91. The summed E-state index contributed by atoms with van der Waals surface area (Å²) in [6.07, 6.45) is 13.9. The average molecular weight is 397 g/mol. The van der Waals surface area contributed by atoms with E-state index in [9.17, 15) is 4.79 Å². The molecular formula is C26H33ClO. The fourth-order valence-corrected chi connectivity index (χ4v) is 8.09. The zero-order chi connectivity index (χ0) is 19.5. The molecule has 1 aromatic carbocycles. The van der Waals surface area contributed by atoms with Crippen molar-refractivity contribution >= 4 is 23.5 Å². The molecule has 28 heavy (non-hydrogen) atoms. The Balaban J connectivity index is 1.46. The molecule has 2 heteroatoms. The van der Waals surface area contributed by atoms with Crippen LogP contribution >= 0.6 is 11.6 Å². The number of hydrogen-bond donors (Lipinski definition) is 0. The van der Waals surface area contributed by atoms with Crippen LogP contribution in [-0.2, 0) is 4.79 Å². The van der Waals surface area contributed by atoms with Gasteiger partial charge in [0.1, 0.15) is 0 Å². The highest BCUT2D eigenvalue weighted by atomic mass is 35.5. The smallest absolute Gasteiger partial charge is 0.165 e. The van der Waals surface area contributed by atoms with E-state index in [-0.39, 0.29) is 5.41 Å². The van der Waals surface area contributed by atoms with Gasteiger partial charge in [0.2, 0.25) is 0 Å². The molecule has 1 aromatic rings. The Morgan fingerprint density at radius 1 is 1.04 bits per heavy atom. The monoisotopic (exact) mass is 396 g/mol. The molecule has 0 unspecified atom stereocenters. The predicted octanol–water partition coefficient (Wildman–Crippen LogP) is 7.34. The van der Waals surface area contributed by atoms with Crippen LogP contribution in [0.2, 0.25) is 5.02 Å². The number of fused-ring (bicyclic) bond motifs is 5. The molecule has 4 aliphatic carbocycles. The van der Waals surface area contributed by atoms with Crippen LogP contribution in [0, 0.1) is 34.5 Å². The molecule has 0 radical (unpaired) electrons. The van der Waals surface area contributed by atoms with E-state index in [2.05, 4.69) is 26.0 Å². The maximum Gasteiger partial charge on any atom is 0.165 e. The molecule has 0 spiro atoms. The molecular weight excluding hydrogens is 364 g/mol. The van der Waals surface area contributed by atoms with Crippen molar-refractivity contribution in [2.45, 2.75) is 71.6 Å². The first-order valence-corrected chi connectivity index (χ1v) is 11.8. The van der Waals surface area contributed by atoms with Crippen molar-refractivity contribution < 1.29 is 4.79 Å². The molecule has 4 aliphatic rings. The Bertz CT molecular complexity index is 825. The van der Waals surface area contributed by atoms with E-state index in [0.717, 1.165) is 46.8 Å². The van der Waals surface area contributed by atoms with Gasteiger partial charge in [-0.05, 0) is 103 Å². The molecule has 0 heterocycles. The molecule has 0 amide bonds. The number of Topliss-reactive ketones (excluding diaryl/α,β-unsaturated/α-hetero) is 1. The van der Waals surface area contributed by atoms with Crippen molar-refractivity contribution in [1.29, 1.82) is 0 Å². The van der Waals surface area contributed by atoms with E-state index in [1.165, 1.54) is 44.9 Å². The normalized spacial score (nSPS) is 44.1. The molecule has 0 aliphatic heterocycles. The molecule has 0 N–H and O–H groups in total. The molecule has 150 valence electrons. The highest BCUT2D eigenvalue weighted by Gasteiger charge is 2.60. The second kappa shape index (κ2) is 6.73. The van der Waals surface area contributed by atoms with Gasteiger partial charge < -0.3 is 0 Å². The van der Waals surface area contributed by atoms with Crippen LogP contribution in [0.4, 0.5) is 0 Å². The molecule has 0 bridgehead atoms. The number of ketones is 1. The fraction of sp³-hybridized carbons (Fsp3) is 0.654. The summed E-state index contributed by atoms with van der Waals surface area (Å²) < 4.78 is 0. The minimum Gasteiger partial charge on any atom is -0.294 e. The zero-order valence-corrected chi connectivity index (χ0v) is 18.1. The van der Waals surface area contributed by atoms with Gasteiger partial charge in [0.25, 0.3) is 0 Å². The highest BCUT2D eigenvalue weighted by molar-refractivity contribution is 6.30. The van der Waals surface area contributed by atoms with Crippen molar-refractivity contribution in [3.8, 4) is 0 Å². The van der Waals surface area contributed by atoms with Crippen LogP contribution in [-0.4, -0.2) is 5.78 Å². The van der Waals surface area contributed by atoms with Gasteiger partial charge in [-0.25, -0.2) is 0 Å². The van der Waals surface area contributed by atoms with Gasteiger partial charge in [0.05, 0.1) is 0 Å². The summed E-state index contributed by atoms with van der Waals surface area (Å²) in [5.41, 5.74) is 2.51. The Hall–Kier alpha value is -1.08. The molecule has 0 aromatic heterocycles. The van der Waals surface area contributed by atoms with E-state index in [1.807, 2.05) is 18.2 Å². The number of rotatable bonds is 1. The molecule has 4 saturated carbocycles. The maximum absolute atomic E-state index is 13.5. The number of hydrogen-bond acceptors (Lipinski definition) is 1. The molecule has 5 rings (SSSR count). The lowest BCUT2D eigenvalue weighted by Crippen LogP contribution is -2.52. The first-order chi connectivity index (χ1) is 13.4. The lowest BCUT2D eigenvalue weighted by atomic mass is 9.45. The van der Waals surface area contributed by atoms with Crippen LogP contribution < -0.4 is 0 Å².